The summed E-state index contributed by atoms with van der Waals surface area (Å²) in [7, 11) is 0. The molecule has 7 nitrogen and oxygen atoms in total. The van der Waals surface area contributed by atoms with Crippen LogP contribution in [0.3, 0.4) is 0 Å². The van der Waals surface area contributed by atoms with E-state index in [4.69, 9.17) is 15.2 Å². The lowest BCUT2D eigenvalue weighted by Crippen LogP contribution is -2.52. The molecule has 0 aliphatic carbocycles. The second kappa shape index (κ2) is 5.50. The number of aromatic nitrogens is 2. The highest BCUT2D eigenvalue weighted by Gasteiger charge is 2.28. The molecule has 19 heavy (non-hydrogen) atoms. The summed E-state index contributed by atoms with van der Waals surface area (Å²) in [6.07, 6.45) is -0.0404. The van der Waals surface area contributed by atoms with E-state index in [0.29, 0.717) is 12.5 Å². The van der Waals surface area contributed by atoms with Crippen LogP contribution in [0.5, 0.6) is 5.88 Å². The zero-order valence-corrected chi connectivity index (χ0v) is 11.0. The molecule has 0 bridgehead atoms. The van der Waals surface area contributed by atoms with Gasteiger partial charge in [0, 0.05) is 19.2 Å². The highest BCUT2D eigenvalue weighted by atomic mass is 16.6. The molecule has 1 amide bonds. The van der Waals surface area contributed by atoms with Gasteiger partial charge in [-0.15, -0.1) is 10.2 Å². The fraction of sp³-hybridized carbons (Fsp3) is 0.583. The first-order valence-electron chi connectivity index (χ1n) is 6.11. The molecule has 7 heteroatoms. The van der Waals surface area contributed by atoms with Crippen LogP contribution in [0.25, 0.3) is 0 Å². The van der Waals surface area contributed by atoms with Gasteiger partial charge in [-0.25, -0.2) is 0 Å². The number of morpholine rings is 1. The highest BCUT2D eigenvalue weighted by Crippen LogP contribution is 2.16. The summed E-state index contributed by atoms with van der Waals surface area (Å²) < 4.78 is 11.3. The van der Waals surface area contributed by atoms with Crippen LogP contribution in [0.4, 0.5) is 0 Å². The maximum atomic E-state index is 10.8. The predicted molar refractivity (Wildman–Crippen MR) is 67.9 cm³/mol. The summed E-state index contributed by atoms with van der Waals surface area (Å²) in [5.41, 5.74) is 4.99. The average Bonchev–Trinajstić information content (AvgIpc) is 2.36. The first-order chi connectivity index (χ1) is 8.96. The van der Waals surface area contributed by atoms with Crippen LogP contribution in [0.2, 0.25) is 0 Å². The Morgan fingerprint density at radius 1 is 1.58 bits per heavy atom. The van der Waals surface area contributed by atoms with Crippen LogP contribution < -0.4 is 15.8 Å². The topological polar surface area (TPSA) is 99.4 Å². The molecule has 1 aliphatic heterocycles. The van der Waals surface area contributed by atoms with Crippen molar-refractivity contribution in [2.24, 2.45) is 5.73 Å². The molecular formula is C12H18N4O3. The molecule has 2 heterocycles. The Morgan fingerprint density at radius 2 is 2.37 bits per heavy atom. The number of carbonyl (C=O) groups is 1. The number of hydrogen-bond acceptors (Lipinski definition) is 6. The van der Waals surface area contributed by atoms with Gasteiger partial charge in [-0.05, 0) is 19.9 Å². The Balaban J connectivity index is 1.86. The lowest BCUT2D eigenvalue weighted by atomic mass is 10.1. The van der Waals surface area contributed by atoms with Crippen molar-refractivity contribution in [2.75, 3.05) is 19.7 Å². The predicted octanol–water partition coefficient (Wildman–Crippen LogP) is -0.279. The fourth-order valence-corrected chi connectivity index (χ4v) is 1.87. The number of ether oxygens (including phenoxy) is 2. The minimum Gasteiger partial charge on any atom is -0.474 e. The van der Waals surface area contributed by atoms with E-state index >= 15 is 0 Å². The standard InChI is InChI=1S/C12H18N4O3/c1-12(2)7-14-5-8(19-12)6-18-10-4-3-9(11(13)17)15-16-10/h3-4,8,14H,5-7H2,1-2H3,(H2,13,17). The van der Waals surface area contributed by atoms with E-state index in [1.165, 1.54) is 6.07 Å². The van der Waals surface area contributed by atoms with Crippen molar-refractivity contribution in [3.63, 3.8) is 0 Å². The summed E-state index contributed by atoms with van der Waals surface area (Å²) in [6, 6.07) is 3.04. The third kappa shape index (κ3) is 3.87. The Kier molecular flexibility index (Phi) is 3.96. The first-order valence-corrected chi connectivity index (χ1v) is 6.11. The normalized spacial score (nSPS) is 21.9. The molecule has 2 rings (SSSR count). The van der Waals surface area contributed by atoms with Crippen molar-refractivity contribution >= 4 is 5.91 Å². The second-order valence-corrected chi connectivity index (χ2v) is 5.06. The molecule has 1 aromatic rings. The monoisotopic (exact) mass is 266 g/mol. The van der Waals surface area contributed by atoms with Gasteiger partial charge in [0.15, 0.2) is 5.69 Å². The van der Waals surface area contributed by atoms with Crippen LogP contribution in [0, 0.1) is 0 Å². The molecule has 1 fully saturated rings. The van der Waals surface area contributed by atoms with Gasteiger partial charge in [0.05, 0.1) is 5.60 Å². The van der Waals surface area contributed by atoms with Crippen LogP contribution >= 0.6 is 0 Å². The quantitative estimate of drug-likeness (QED) is 0.777. The Labute approximate surface area is 111 Å². The van der Waals surface area contributed by atoms with Crippen molar-refractivity contribution in [2.45, 2.75) is 25.6 Å². The molecule has 104 valence electrons. The van der Waals surface area contributed by atoms with Gasteiger partial charge in [0.1, 0.15) is 12.7 Å². The summed E-state index contributed by atoms with van der Waals surface area (Å²) in [6.45, 7) is 5.97. The average molecular weight is 266 g/mol. The summed E-state index contributed by atoms with van der Waals surface area (Å²) in [4.78, 5) is 10.8. The Morgan fingerprint density at radius 3 is 2.95 bits per heavy atom. The zero-order chi connectivity index (χ0) is 13.9. The highest BCUT2D eigenvalue weighted by molar-refractivity contribution is 5.90. The Bertz CT molecular complexity index is 447. The zero-order valence-electron chi connectivity index (χ0n) is 11.0. The third-order valence-electron chi connectivity index (χ3n) is 2.72. The van der Waals surface area contributed by atoms with Crippen LogP contribution in [-0.2, 0) is 4.74 Å². The summed E-state index contributed by atoms with van der Waals surface area (Å²) in [5.74, 6) is -0.266. The number of rotatable bonds is 4. The van der Waals surface area contributed by atoms with E-state index in [9.17, 15) is 4.79 Å². The first kappa shape index (κ1) is 13.7. The number of nitrogens with two attached hydrogens (primary N) is 1. The number of nitrogens with one attached hydrogen (secondary N) is 1. The largest absolute Gasteiger partial charge is 0.474 e. The van der Waals surface area contributed by atoms with E-state index in [2.05, 4.69) is 15.5 Å². The minimum absolute atomic E-state index is 0.0404. The van der Waals surface area contributed by atoms with Crippen LogP contribution in [-0.4, -0.2) is 47.5 Å². The number of carbonyl (C=O) groups excluding carboxylic acids is 1. The number of amides is 1. The van der Waals surface area contributed by atoms with Crippen LogP contribution in [0.15, 0.2) is 12.1 Å². The van der Waals surface area contributed by atoms with Crippen LogP contribution in [0.1, 0.15) is 24.3 Å². The lowest BCUT2D eigenvalue weighted by Gasteiger charge is -2.36. The molecule has 1 aliphatic rings. The second-order valence-electron chi connectivity index (χ2n) is 5.06. The molecule has 0 radical (unpaired) electrons. The summed E-state index contributed by atoms with van der Waals surface area (Å²) in [5, 5.41) is 10.7. The van der Waals surface area contributed by atoms with Gasteiger partial charge in [0.25, 0.3) is 5.91 Å². The van der Waals surface area contributed by atoms with E-state index in [0.717, 1.165) is 13.1 Å². The van der Waals surface area contributed by atoms with E-state index in [1.807, 2.05) is 13.8 Å². The van der Waals surface area contributed by atoms with Gasteiger partial charge in [-0.1, -0.05) is 0 Å². The van der Waals surface area contributed by atoms with Crippen molar-refractivity contribution in [1.29, 1.82) is 0 Å². The number of nitrogens with zero attached hydrogens (tertiary/aromatic N) is 2. The SMILES string of the molecule is CC1(C)CNCC(COc2ccc(C(N)=O)nn2)O1. The fourth-order valence-electron chi connectivity index (χ4n) is 1.87. The third-order valence-corrected chi connectivity index (χ3v) is 2.72. The van der Waals surface area contributed by atoms with Gasteiger partial charge < -0.3 is 20.5 Å². The molecule has 0 spiro atoms. The molecule has 0 saturated carbocycles. The van der Waals surface area contributed by atoms with Gasteiger partial charge >= 0.3 is 0 Å². The smallest absolute Gasteiger partial charge is 0.269 e. The number of primary amides is 1. The van der Waals surface area contributed by atoms with E-state index < -0.39 is 5.91 Å². The molecule has 1 saturated heterocycles. The van der Waals surface area contributed by atoms with E-state index in [1.54, 1.807) is 6.07 Å². The van der Waals surface area contributed by atoms with Crippen molar-refractivity contribution in [3.8, 4) is 5.88 Å². The molecule has 0 aromatic carbocycles. The minimum atomic E-state index is -0.611. The van der Waals surface area contributed by atoms with E-state index in [-0.39, 0.29) is 17.4 Å². The van der Waals surface area contributed by atoms with Gasteiger partial charge in [-0.3, -0.25) is 4.79 Å². The maximum absolute atomic E-state index is 10.8. The molecule has 1 unspecified atom stereocenters. The van der Waals surface area contributed by atoms with Gasteiger partial charge in [0.2, 0.25) is 5.88 Å². The maximum Gasteiger partial charge on any atom is 0.269 e. The van der Waals surface area contributed by atoms with Crippen molar-refractivity contribution < 1.29 is 14.3 Å². The van der Waals surface area contributed by atoms with Crippen molar-refractivity contribution in [1.82, 2.24) is 15.5 Å². The Hall–Kier alpha value is -1.73. The molecule has 1 aromatic heterocycles. The van der Waals surface area contributed by atoms with Crippen molar-refractivity contribution in [3.05, 3.63) is 17.8 Å². The lowest BCUT2D eigenvalue weighted by molar-refractivity contribution is -0.107. The number of hydrogen-bond donors (Lipinski definition) is 2. The molecule has 1 atom stereocenters. The van der Waals surface area contributed by atoms with Gasteiger partial charge in [-0.2, -0.15) is 0 Å². The molecular weight excluding hydrogens is 248 g/mol. The molecule has 3 N–H and O–H groups in total. The summed E-state index contributed by atoms with van der Waals surface area (Å²) >= 11 is 0.